The number of anilines is 2. The van der Waals surface area contributed by atoms with Crippen LogP contribution in [0.25, 0.3) is 0 Å². The van der Waals surface area contributed by atoms with Crippen LogP contribution in [0.4, 0.5) is 24.5 Å². The predicted molar refractivity (Wildman–Crippen MR) is 130 cm³/mol. The minimum absolute atomic E-state index is 0.0515. The average Bonchev–Trinajstić information content (AvgIpc) is 3.34. The summed E-state index contributed by atoms with van der Waals surface area (Å²) in [6.07, 6.45) is 1.03. The molecule has 2 aromatic heterocycles. The number of pyridine rings is 1. The summed E-state index contributed by atoms with van der Waals surface area (Å²) in [5.41, 5.74) is -1.41. The van der Waals surface area contributed by atoms with Gasteiger partial charge in [0.05, 0.1) is 58.0 Å². The third-order valence-corrected chi connectivity index (χ3v) is 6.43. The molecule has 1 saturated heterocycles. The van der Waals surface area contributed by atoms with Gasteiger partial charge in [0.25, 0.3) is 0 Å². The highest BCUT2D eigenvalue weighted by molar-refractivity contribution is 6.31. The van der Waals surface area contributed by atoms with Gasteiger partial charge in [0.2, 0.25) is 5.91 Å². The van der Waals surface area contributed by atoms with E-state index < -0.39 is 23.1 Å². The SMILES string of the molecule is O=C(C[C@@]1(C(=O)NCc2ncc(Nc3ccc(Cl)cc3C(F)(F)F)cc2Cl)CCOC1)c1cncnc1. The molecule has 2 N–H and O–H groups in total. The van der Waals surface area contributed by atoms with E-state index in [-0.39, 0.29) is 46.8 Å². The maximum Gasteiger partial charge on any atom is 0.418 e. The van der Waals surface area contributed by atoms with Crippen molar-refractivity contribution < 1.29 is 27.5 Å². The van der Waals surface area contributed by atoms with Crippen molar-refractivity contribution in [3.63, 3.8) is 0 Å². The van der Waals surface area contributed by atoms with Gasteiger partial charge in [-0.3, -0.25) is 14.6 Å². The molecule has 0 aliphatic carbocycles. The van der Waals surface area contributed by atoms with Crippen LogP contribution in [0.5, 0.6) is 0 Å². The smallest absolute Gasteiger partial charge is 0.380 e. The van der Waals surface area contributed by atoms with Crippen LogP contribution in [0.1, 0.15) is 34.5 Å². The molecule has 1 amide bonds. The maximum atomic E-state index is 13.4. The van der Waals surface area contributed by atoms with Gasteiger partial charge in [0, 0.05) is 30.4 Å². The van der Waals surface area contributed by atoms with Crippen molar-refractivity contribution in [2.24, 2.45) is 5.41 Å². The van der Waals surface area contributed by atoms with E-state index in [1.54, 1.807) is 0 Å². The van der Waals surface area contributed by atoms with Crippen molar-refractivity contribution in [2.75, 3.05) is 18.5 Å². The summed E-state index contributed by atoms with van der Waals surface area (Å²) in [5, 5.41) is 5.48. The molecule has 3 heterocycles. The van der Waals surface area contributed by atoms with Gasteiger partial charge >= 0.3 is 6.18 Å². The first-order valence-electron chi connectivity index (χ1n) is 11.0. The van der Waals surface area contributed by atoms with E-state index in [4.69, 9.17) is 27.9 Å². The quantitative estimate of drug-likeness (QED) is 0.367. The van der Waals surface area contributed by atoms with Crippen molar-refractivity contribution in [3.8, 4) is 0 Å². The zero-order valence-corrected chi connectivity index (χ0v) is 20.6. The Morgan fingerprint density at radius 2 is 1.86 bits per heavy atom. The van der Waals surface area contributed by atoms with Crippen molar-refractivity contribution in [2.45, 2.75) is 25.6 Å². The fraction of sp³-hybridized carbons (Fsp3) is 0.292. The molecular weight excluding hydrogens is 534 g/mol. The number of amides is 1. The summed E-state index contributed by atoms with van der Waals surface area (Å²) in [6, 6.07) is 4.76. The maximum absolute atomic E-state index is 13.4. The molecule has 1 aliphatic heterocycles. The van der Waals surface area contributed by atoms with Crippen molar-refractivity contribution in [3.05, 3.63) is 76.0 Å². The first-order valence-corrected chi connectivity index (χ1v) is 11.8. The standard InChI is InChI=1S/C24H20Cl2F3N5O3/c25-15-1-2-19(17(5-15)24(27,28)29)34-16-6-18(26)20(32-10-16)11-33-22(36)23(3-4-37-12-23)7-21(35)14-8-30-13-31-9-14/h1-2,5-6,8-10,13,34H,3-4,7,11-12H2,(H,33,36)/t23-/m0/s1. The van der Waals surface area contributed by atoms with Gasteiger partial charge in [-0.15, -0.1) is 0 Å². The number of hydrogen-bond donors (Lipinski definition) is 2. The molecule has 13 heteroatoms. The number of rotatable bonds is 8. The molecule has 4 rings (SSSR count). The van der Waals surface area contributed by atoms with E-state index in [0.29, 0.717) is 24.3 Å². The number of carbonyl (C=O) groups is 2. The number of nitrogens with one attached hydrogen (secondary N) is 2. The van der Waals surface area contributed by atoms with Gasteiger partial charge in [-0.05, 0) is 30.7 Å². The van der Waals surface area contributed by atoms with E-state index in [1.165, 1.54) is 43.1 Å². The zero-order chi connectivity index (χ0) is 26.6. The van der Waals surface area contributed by atoms with Gasteiger partial charge in [0.15, 0.2) is 5.78 Å². The van der Waals surface area contributed by atoms with Crippen LogP contribution in [0, 0.1) is 5.41 Å². The molecule has 0 radical (unpaired) electrons. The molecule has 37 heavy (non-hydrogen) atoms. The number of halogens is 5. The number of hydrogen-bond acceptors (Lipinski definition) is 7. The van der Waals surface area contributed by atoms with Crippen LogP contribution in [-0.4, -0.2) is 39.9 Å². The van der Waals surface area contributed by atoms with Crippen LogP contribution in [-0.2, 0) is 22.3 Å². The first-order chi connectivity index (χ1) is 17.6. The predicted octanol–water partition coefficient (Wildman–Crippen LogP) is 5.24. The topological polar surface area (TPSA) is 106 Å². The molecule has 0 spiro atoms. The molecule has 0 bridgehead atoms. The molecule has 1 fully saturated rings. The largest absolute Gasteiger partial charge is 0.418 e. The van der Waals surface area contributed by atoms with E-state index in [0.717, 1.165) is 6.07 Å². The van der Waals surface area contributed by atoms with E-state index >= 15 is 0 Å². The van der Waals surface area contributed by atoms with Crippen LogP contribution in [0.15, 0.2) is 49.2 Å². The Morgan fingerprint density at radius 3 is 2.51 bits per heavy atom. The fourth-order valence-corrected chi connectivity index (χ4v) is 4.30. The lowest BCUT2D eigenvalue weighted by molar-refractivity contribution is -0.137. The Kier molecular flexibility index (Phi) is 7.96. The van der Waals surface area contributed by atoms with Crippen LogP contribution >= 0.6 is 23.2 Å². The Hall–Kier alpha value is -3.28. The number of Topliss-reactive ketones (excluding diaryl/α,β-unsaturated/α-hetero) is 1. The minimum atomic E-state index is -4.62. The molecule has 0 unspecified atom stereocenters. The van der Waals surface area contributed by atoms with E-state index in [2.05, 4.69) is 25.6 Å². The van der Waals surface area contributed by atoms with Gasteiger partial charge < -0.3 is 15.4 Å². The molecule has 1 atom stereocenters. The Bertz CT molecular complexity index is 1300. The number of benzene rings is 1. The van der Waals surface area contributed by atoms with Crippen LogP contribution in [0.3, 0.4) is 0 Å². The lowest BCUT2D eigenvalue weighted by Crippen LogP contribution is -2.43. The summed E-state index contributed by atoms with van der Waals surface area (Å²) in [7, 11) is 0. The van der Waals surface area contributed by atoms with Gasteiger partial charge in [-0.1, -0.05) is 23.2 Å². The van der Waals surface area contributed by atoms with Gasteiger partial charge in [-0.25, -0.2) is 9.97 Å². The van der Waals surface area contributed by atoms with Gasteiger partial charge in [-0.2, -0.15) is 13.2 Å². The normalized spacial score (nSPS) is 17.4. The first kappa shape index (κ1) is 26.8. The monoisotopic (exact) mass is 553 g/mol. The average molecular weight is 554 g/mol. The van der Waals surface area contributed by atoms with Crippen molar-refractivity contribution in [1.29, 1.82) is 0 Å². The summed E-state index contributed by atoms with van der Waals surface area (Å²) in [5.74, 6) is -0.681. The third-order valence-electron chi connectivity index (χ3n) is 5.87. The summed E-state index contributed by atoms with van der Waals surface area (Å²) in [4.78, 5) is 37.7. The Labute approximate surface area is 219 Å². The van der Waals surface area contributed by atoms with E-state index in [9.17, 15) is 22.8 Å². The molecule has 1 aromatic carbocycles. The highest BCUT2D eigenvalue weighted by atomic mass is 35.5. The number of nitrogens with zero attached hydrogens (tertiary/aromatic N) is 3. The minimum Gasteiger partial charge on any atom is -0.380 e. The van der Waals surface area contributed by atoms with Crippen LogP contribution < -0.4 is 10.6 Å². The summed E-state index contributed by atoms with van der Waals surface area (Å²) in [6.45, 7) is 0.345. The second kappa shape index (κ2) is 11.0. The third kappa shape index (κ3) is 6.35. The molecule has 0 saturated carbocycles. The Morgan fingerprint density at radius 1 is 1.11 bits per heavy atom. The van der Waals surface area contributed by atoms with Crippen LogP contribution in [0.2, 0.25) is 10.0 Å². The second-order valence-electron chi connectivity index (χ2n) is 8.46. The molecule has 8 nitrogen and oxygen atoms in total. The van der Waals surface area contributed by atoms with E-state index in [1.807, 2.05) is 0 Å². The summed E-state index contributed by atoms with van der Waals surface area (Å²) < 4.78 is 45.5. The highest BCUT2D eigenvalue weighted by Crippen LogP contribution is 2.38. The zero-order valence-electron chi connectivity index (χ0n) is 19.1. The highest BCUT2D eigenvalue weighted by Gasteiger charge is 2.44. The Balaban J connectivity index is 1.44. The van der Waals surface area contributed by atoms with Crippen molar-refractivity contribution >= 4 is 46.3 Å². The lowest BCUT2D eigenvalue weighted by atomic mass is 9.80. The van der Waals surface area contributed by atoms with Crippen molar-refractivity contribution in [1.82, 2.24) is 20.3 Å². The lowest BCUT2D eigenvalue weighted by Gasteiger charge is -2.25. The number of alkyl halides is 3. The molecule has 3 aromatic rings. The summed E-state index contributed by atoms with van der Waals surface area (Å²) >= 11 is 12.0. The molecular formula is C24H20Cl2F3N5O3. The van der Waals surface area contributed by atoms with Gasteiger partial charge in [0.1, 0.15) is 6.33 Å². The number of carbonyl (C=O) groups excluding carboxylic acids is 2. The number of aromatic nitrogens is 3. The second-order valence-corrected chi connectivity index (χ2v) is 9.30. The molecule has 1 aliphatic rings. The molecule has 194 valence electrons. The number of ether oxygens (including phenoxy) is 1. The number of ketones is 1. The fourth-order valence-electron chi connectivity index (χ4n) is 3.89.